The minimum atomic E-state index is -0.442. The fourth-order valence-corrected chi connectivity index (χ4v) is 4.61. The van der Waals surface area contributed by atoms with Crippen LogP contribution in [0.3, 0.4) is 0 Å². The highest BCUT2D eigenvalue weighted by molar-refractivity contribution is 6.50. The van der Waals surface area contributed by atoms with Crippen LogP contribution in [0.25, 0.3) is 16.8 Å². The molecule has 4 heteroatoms. The Morgan fingerprint density at radius 1 is 0.528 bits per heavy atom. The fraction of sp³-hybridized carbons (Fsp3) is 0.125. The molecule has 0 atom stereocenters. The monoisotopic (exact) mass is 472 g/mol. The van der Waals surface area contributed by atoms with Crippen molar-refractivity contribution >= 4 is 40.0 Å². The van der Waals surface area contributed by atoms with Crippen molar-refractivity contribution in [3.8, 4) is 0 Å². The van der Waals surface area contributed by atoms with E-state index < -0.39 is 11.6 Å². The Morgan fingerprint density at radius 3 is 1.81 bits per heavy atom. The number of carbonyl (C=O) groups is 4. The lowest BCUT2D eigenvalue weighted by atomic mass is 9.79. The number of ketones is 4. The van der Waals surface area contributed by atoms with Crippen molar-refractivity contribution < 1.29 is 19.2 Å². The van der Waals surface area contributed by atoms with Gasteiger partial charge in [0, 0.05) is 27.8 Å². The summed E-state index contributed by atoms with van der Waals surface area (Å²) in [7, 11) is 0. The molecule has 0 radical (unpaired) electrons. The number of rotatable bonds is 0. The maximum absolute atomic E-state index is 12.6. The second-order valence-electron chi connectivity index (χ2n) is 9.99. The lowest BCUT2D eigenvalue weighted by Crippen LogP contribution is -2.22. The molecule has 0 N–H and O–H groups in total. The van der Waals surface area contributed by atoms with Crippen LogP contribution in [0.5, 0.6) is 0 Å². The molecule has 0 aliphatic heterocycles. The molecule has 4 aromatic carbocycles. The van der Waals surface area contributed by atoms with Crippen molar-refractivity contribution in [2.75, 3.05) is 0 Å². The second kappa shape index (κ2) is 8.65. The van der Waals surface area contributed by atoms with Crippen LogP contribution in [0, 0.1) is 0 Å². The van der Waals surface area contributed by atoms with Gasteiger partial charge in [-0.2, -0.15) is 0 Å². The first kappa shape index (κ1) is 23.3. The molecular formula is C32H24O4. The number of allylic oxidation sites excluding steroid dienone is 1. The van der Waals surface area contributed by atoms with Gasteiger partial charge in [-0.1, -0.05) is 81.4 Å². The van der Waals surface area contributed by atoms with Crippen LogP contribution in [0.1, 0.15) is 74.1 Å². The van der Waals surface area contributed by atoms with Gasteiger partial charge in [0.05, 0.1) is 0 Å². The van der Waals surface area contributed by atoms with Gasteiger partial charge in [-0.25, -0.2) is 0 Å². The average molecular weight is 473 g/mol. The van der Waals surface area contributed by atoms with Gasteiger partial charge in [-0.05, 0) is 57.7 Å². The quantitative estimate of drug-likeness (QED) is 0.245. The number of benzene rings is 4. The van der Waals surface area contributed by atoms with E-state index in [-0.39, 0.29) is 17.0 Å². The van der Waals surface area contributed by atoms with Crippen molar-refractivity contribution in [2.24, 2.45) is 0 Å². The van der Waals surface area contributed by atoms with Gasteiger partial charge in [-0.15, -0.1) is 0 Å². The molecule has 36 heavy (non-hydrogen) atoms. The second-order valence-corrected chi connectivity index (χ2v) is 9.99. The molecule has 0 bridgehead atoms. The summed E-state index contributed by atoms with van der Waals surface area (Å²) < 4.78 is 0. The van der Waals surface area contributed by atoms with E-state index in [1.807, 2.05) is 42.5 Å². The first-order valence-corrected chi connectivity index (χ1v) is 11.8. The summed E-state index contributed by atoms with van der Waals surface area (Å²) >= 11 is 0. The van der Waals surface area contributed by atoms with Crippen LogP contribution >= 0.6 is 0 Å². The van der Waals surface area contributed by atoms with E-state index in [0.717, 1.165) is 21.9 Å². The maximum Gasteiger partial charge on any atom is 0.233 e. The first-order valence-electron chi connectivity index (χ1n) is 11.8. The highest BCUT2D eigenvalue weighted by Crippen LogP contribution is 2.31. The van der Waals surface area contributed by atoms with Crippen LogP contribution in [0.15, 0.2) is 84.9 Å². The lowest BCUT2D eigenvalue weighted by molar-refractivity contribution is -0.110. The summed E-state index contributed by atoms with van der Waals surface area (Å²) in [5.74, 6) is -0.969. The molecule has 176 valence electrons. The fourth-order valence-electron chi connectivity index (χ4n) is 4.61. The highest BCUT2D eigenvalue weighted by Gasteiger charge is 2.30. The molecule has 0 amide bonds. The van der Waals surface area contributed by atoms with Crippen molar-refractivity contribution in [3.63, 3.8) is 0 Å². The average Bonchev–Trinajstić information content (AvgIpc) is 2.89. The standard InChI is InChI=1S/C18H16O2.C14H8O2/c1-18(2,3)11-8-9-14-15(10-11)17(20)13-7-5-4-6-12(13)16(14)19;15-13-8-7-11-10-4-2-1-3-9(10)5-6-12(11)14(13)16/h4-10H,1-3H3;1-8H. The van der Waals surface area contributed by atoms with E-state index in [4.69, 9.17) is 0 Å². The van der Waals surface area contributed by atoms with Crippen LogP contribution in [0.2, 0.25) is 0 Å². The summed E-state index contributed by atoms with van der Waals surface area (Å²) in [5.41, 5.74) is 4.44. The summed E-state index contributed by atoms with van der Waals surface area (Å²) in [6, 6.07) is 24.0. The smallest absolute Gasteiger partial charge is 0.233 e. The maximum atomic E-state index is 12.6. The third-order valence-electron chi connectivity index (χ3n) is 6.63. The van der Waals surface area contributed by atoms with Crippen molar-refractivity contribution in [3.05, 3.63) is 124 Å². The van der Waals surface area contributed by atoms with Crippen molar-refractivity contribution in [1.82, 2.24) is 0 Å². The van der Waals surface area contributed by atoms with E-state index in [9.17, 15) is 19.2 Å². The van der Waals surface area contributed by atoms with Gasteiger partial charge in [0.25, 0.3) is 0 Å². The Balaban J connectivity index is 0.000000152. The predicted molar refractivity (Wildman–Crippen MR) is 141 cm³/mol. The molecule has 0 heterocycles. The van der Waals surface area contributed by atoms with Crippen LogP contribution in [-0.2, 0) is 10.2 Å². The number of Topliss-reactive ketones (excluding diaryl/α,β-unsaturated/α-hetero) is 1. The predicted octanol–water partition coefficient (Wildman–Crippen LogP) is 6.38. The molecular weight excluding hydrogens is 448 g/mol. The van der Waals surface area contributed by atoms with Crippen molar-refractivity contribution in [1.29, 1.82) is 0 Å². The Hall–Kier alpha value is -4.44. The van der Waals surface area contributed by atoms with Crippen LogP contribution in [-0.4, -0.2) is 23.1 Å². The molecule has 4 nitrogen and oxygen atoms in total. The van der Waals surface area contributed by atoms with Gasteiger partial charge in [0.2, 0.25) is 11.6 Å². The van der Waals surface area contributed by atoms with E-state index in [1.54, 1.807) is 42.5 Å². The van der Waals surface area contributed by atoms with Gasteiger partial charge in [-0.3, -0.25) is 19.2 Å². The van der Waals surface area contributed by atoms with E-state index in [1.165, 1.54) is 6.08 Å². The molecule has 6 rings (SSSR count). The van der Waals surface area contributed by atoms with Crippen molar-refractivity contribution in [2.45, 2.75) is 26.2 Å². The summed E-state index contributed by atoms with van der Waals surface area (Å²) in [5, 5.41) is 2.09. The number of hydrogen-bond acceptors (Lipinski definition) is 4. The molecule has 2 aliphatic rings. The third-order valence-corrected chi connectivity index (χ3v) is 6.63. The van der Waals surface area contributed by atoms with E-state index in [0.29, 0.717) is 27.8 Å². The Labute approximate surface area is 209 Å². The molecule has 0 spiro atoms. The molecule has 2 aliphatic carbocycles. The minimum Gasteiger partial charge on any atom is -0.289 e. The number of hydrogen-bond donors (Lipinski definition) is 0. The third kappa shape index (κ3) is 3.91. The zero-order valence-electron chi connectivity index (χ0n) is 20.3. The zero-order valence-corrected chi connectivity index (χ0v) is 20.3. The molecule has 0 unspecified atom stereocenters. The van der Waals surface area contributed by atoms with Crippen LogP contribution in [0.4, 0.5) is 0 Å². The highest BCUT2D eigenvalue weighted by atomic mass is 16.2. The normalized spacial score (nSPS) is 14.1. The SMILES string of the molecule is CC(C)(C)c1ccc2c(c1)C(=O)c1ccccc1C2=O.O=C1C=Cc2c(ccc3ccccc23)C1=O. The largest absolute Gasteiger partial charge is 0.289 e. The molecule has 0 fully saturated rings. The molecule has 0 aromatic heterocycles. The minimum absolute atomic E-state index is 0.0463. The topological polar surface area (TPSA) is 68.3 Å². The van der Waals surface area contributed by atoms with E-state index >= 15 is 0 Å². The zero-order chi connectivity index (χ0) is 25.6. The number of carbonyl (C=O) groups excluding carboxylic acids is 4. The van der Waals surface area contributed by atoms with Gasteiger partial charge in [0.1, 0.15) is 0 Å². The summed E-state index contributed by atoms with van der Waals surface area (Å²) in [4.78, 5) is 48.0. The lowest BCUT2D eigenvalue weighted by Gasteiger charge is -2.23. The molecule has 4 aromatic rings. The summed E-state index contributed by atoms with van der Waals surface area (Å²) in [6.07, 6.45) is 3.07. The van der Waals surface area contributed by atoms with Gasteiger partial charge in [0.15, 0.2) is 11.6 Å². The Kier molecular flexibility index (Phi) is 5.60. The Morgan fingerprint density at radius 2 is 1.11 bits per heavy atom. The molecule has 0 saturated heterocycles. The van der Waals surface area contributed by atoms with Gasteiger partial charge < -0.3 is 0 Å². The Bertz CT molecular complexity index is 1630. The number of fused-ring (bicyclic) bond motifs is 5. The summed E-state index contributed by atoms with van der Waals surface area (Å²) in [6.45, 7) is 6.29. The first-order chi connectivity index (χ1) is 17.2. The van der Waals surface area contributed by atoms with Gasteiger partial charge >= 0.3 is 0 Å². The van der Waals surface area contributed by atoms with Crippen LogP contribution < -0.4 is 0 Å². The van der Waals surface area contributed by atoms with E-state index in [2.05, 4.69) is 20.8 Å². The molecule has 0 saturated carbocycles.